The van der Waals surface area contributed by atoms with Crippen molar-refractivity contribution in [2.45, 2.75) is 51.5 Å². The molecular weight excluding hydrogens is 248 g/mol. The van der Waals surface area contributed by atoms with Crippen LogP contribution < -0.4 is 10.6 Å². The van der Waals surface area contributed by atoms with Gasteiger partial charge in [0.25, 0.3) is 0 Å². The number of nitrogens with two attached hydrogens (primary N) is 1. The molecule has 1 unspecified atom stereocenters. The number of carbonyl (C=O) groups is 1. The van der Waals surface area contributed by atoms with Crippen molar-refractivity contribution in [2.24, 2.45) is 11.1 Å². The maximum atomic E-state index is 13.0. The Morgan fingerprint density at radius 3 is 2.70 bits per heavy atom. The second-order valence-electron chi connectivity index (χ2n) is 6.53. The lowest BCUT2D eigenvalue weighted by Crippen LogP contribution is -2.41. The first-order valence-corrected chi connectivity index (χ1v) is 7.78. The van der Waals surface area contributed by atoms with Crippen LogP contribution in [0, 0.1) is 5.41 Å². The Balaban J connectivity index is 1.97. The molecule has 1 amide bonds. The quantitative estimate of drug-likeness (QED) is 0.851. The zero-order chi connectivity index (χ0) is 14.2. The monoisotopic (exact) mass is 272 g/mol. The van der Waals surface area contributed by atoms with Crippen molar-refractivity contribution in [2.75, 3.05) is 11.4 Å². The third-order valence-corrected chi connectivity index (χ3v) is 4.99. The van der Waals surface area contributed by atoms with E-state index in [1.165, 1.54) is 12.8 Å². The number of fused-ring (bicyclic) bond motifs is 1. The maximum absolute atomic E-state index is 13.0. The third-order valence-electron chi connectivity index (χ3n) is 4.99. The largest absolute Gasteiger partial charge is 0.324 e. The van der Waals surface area contributed by atoms with Gasteiger partial charge in [0.1, 0.15) is 0 Å². The molecule has 1 aliphatic heterocycles. The van der Waals surface area contributed by atoms with Crippen molar-refractivity contribution >= 4 is 11.6 Å². The Bertz CT molecular complexity index is 505. The van der Waals surface area contributed by atoms with Gasteiger partial charge in [0.15, 0.2) is 0 Å². The molecule has 3 nitrogen and oxygen atoms in total. The van der Waals surface area contributed by atoms with Crippen molar-refractivity contribution in [3.05, 3.63) is 29.8 Å². The minimum atomic E-state index is -0.165. The Morgan fingerprint density at radius 2 is 1.95 bits per heavy atom. The predicted molar refractivity (Wildman–Crippen MR) is 81.5 cm³/mol. The number of nitrogens with zero attached hydrogens (tertiary/aromatic N) is 1. The van der Waals surface area contributed by atoms with Crippen molar-refractivity contribution < 1.29 is 4.79 Å². The summed E-state index contributed by atoms with van der Waals surface area (Å²) in [4.78, 5) is 15.0. The molecule has 1 aromatic rings. The Morgan fingerprint density at radius 1 is 1.25 bits per heavy atom. The van der Waals surface area contributed by atoms with E-state index in [-0.39, 0.29) is 11.5 Å². The zero-order valence-electron chi connectivity index (χ0n) is 12.3. The van der Waals surface area contributed by atoms with Gasteiger partial charge in [-0.3, -0.25) is 4.79 Å². The van der Waals surface area contributed by atoms with Crippen LogP contribution in [0.5, 0.6) is 0 Å². The van der Waals surface area contributed by atoms with Crippen LogP contribution in [0.2, 0.25) is 0 Å². The molecule has 0 radical (unpaired) electrons. The summed E-state index contributed by atoms with van der Waals surface area (Å²) in [6.45, 7) is 2.94. The Hall–Kier alpha value is -1.35. The van der Waals surface area contributed by atoms with Gasteiger partial charge in [-0.1, -0.05) is 38.0 Å². The second-order valence-corrected chi connectivity index (χ2v) is 6.53. The SMILES string of the molecule is CC1(C(=O)N2CCCC(N)c3ccccc32)CCCC1. The highest BCUT2D eigenvalue weighted by Gasteiger charge is 2.40. The molecule has 2 N–H and O–H groups in total. The highest BCUT2D eigenvalue weighted by molar-refractivity contribution is 5.98. The third kappa shape index (κ3) is 2.24. The molecule has 1 aliphatic carbocycles. The van der Waals surface area contributed by atoms with Gasteiger partial charge in [-0.15, -0.1) is 0 Å². The molecule has 0 spiro atoms. The molecule has 1 aromatic carbocycles. The zero-order valence-corrected chi connectivity index (χ0v) is 12.3. The molecule has 108 valence electrons. The Kier molecular flexibility index (Phi) is 3.55. The van der Waals surface area contributed by atoms with Crippen molar-refractivity contribution in [1.82, 2.24) is 0 Å². The minimum Gasteiger partial charge on any atom is -0.324 e. The number of hydrogen-bond donors (Lipinski definition) is 1. The van der Waals surface area contributed by atoms with Gasteiger partial charge in [-0.05, 0) is 37.3 Å². The number of benzene rings is 1. The van der Waals surface area contributed by atoms with E-state index in [0.29, 0.717) is 5.91 Å². The highest BCUT2D eigenvalue weighted by Crippen LogP contribution is 2.42. The first-order valence-electron chi connectivity index (χ1n) is 7.78. The van der Waals surface area contributed by atoms with Gasteiger partial charge in [0.2, 0.25) is 5.91 Å². The maximum Gasteiger partial charge on any atom is 0.232 e. The smallest absolute Gasteiger partial charge is 0.232 e. The fourth-order valence-electron chi connectivity index (χ4n) is 3.70. The number of amides is 1. The van der Waals surface area contributed by atoms with Crippen molar-refractivity contribution in [1.29, 1.82) is 0 Å². The fraction of sp³-hybridized carbons (Fsp3) is 0.588. The van der Waals surface area contributed by atoms with E-state index in [4.69, 9.17) is 5.73 Å². The normalized spacial score (nSPS) is 25.1. The van der Waals surface area contributed by atoms with E-state index in [1.807, 2.05) is 17.0 Å². The van der Waals surface area contributed by atoms with Gasteiger partial charge in [0, 0.05) is 23.7 Å². The topological polar surface area (TPSA) is 46.3 Å². The van der Waals surface area contributed by atoms with Gasteiger partial charge in [0.05, 0.1) is 0 Å². The van der Waals surface area contributed by atoms with Gasteiger partial charge >= 0.3 is 0 Å². The van der Waals surface area contributed by atoms with Crippen LogP contribution in [0.1, 0.15) is 57.1 Å². The summed E-state index contributed by atoms with van der Waals surface area (Å²) in [7, 11) is 0. The number of anilines is 1. The summed E-state index contributed by atoms with van der Waals surface area (Å²) in [6.07, 6.45) is 6.34. The molecule has 1 atom stereocenters. The molecule has 0 saturated heterocycles. The summed E-state index contributed by atoms with van der Waals surface area (Å²) in [5.41, 5.74) is 8.25. The lowest BCUT2D eigenvalue weighted by atomic mass is 9.86. The van der Waals surface area contributed by atoms with Gasteiger partial charge < -0.3 is 10.6 Å². The Labute approximate surface area is 121 Å². The van der Waals surface area contributed by atoms with Crippen LogP contribution in [0.4, 0.5) is 5.69 Å². The van der Waals surface area contributed by atoms with Crippen LogP contribution in [-0.2, 0) is 4.79 Å². The average molecular weight is 272 g/mol. The number of hydrogen-bond acceptors (Lipinski definition) is 2. The molecule has 0 aromatic heterocycles. The van der Waals surface area contributed by atoms with Crippen LogP contribution in [0.25, 0.3) is 0 Å². The van der Waals surface area contributed by atoms with Crippen molar-refractivity contribution in [3.63, 3.8) is 0 Å². The van der Waals surface area contributed by atoms with E-state index in [9.17, 15) is 4.79 Å². The molecule has 3 rings (SSSR count). The van der Waals surface area contributed by atoms with E-state index in [2.05, 4.69) is 19.1 Å². The first-order chi connectivity index (χ1) is 9.62. The number of para-hydroxylation sites is 1. The van der Waals surface area contributed by atoms with E-state index >= 15 is 0 Å². The molecule has 1 saturated carbocycles. The molecule has 1 fully saturated rings. The molecule has 0 bridgehead atoms. The standard InChI is InChI=1S/C17H24N2O/c1-17(10-4-5-11-17)16(20)19-12-6-8-14(18)13-7-2-3-9-15(13)19/h2-3,7,9,14H,4-6,8,10-12,18H2,1H3. The summed E-state index contributed by atoms with van der Waals surface area (Å²) >= 11 is 0. The van der Waals surface area contributed by atoms with Crippen molar-refractivity contribution in [3.8, 4) is 0 Å². The van der Waals surface area contributed by atoms with Crippen LogP contribution >= 0.6 is 0 Å². The number of carbonyl (C=O) groups excluding carboxylic acids is 1. The average Bonchev–Trinajstić information content (AvgIpc) is 2.84. The predicted octanol–water partition coefficient (Wildman–Crippen LogP) is 3.39. The highest BCUT2D eigenvalue weighted by atomic mass is 16.2. The second kappa shape index (κ2) is 5.21. The molecule has 1 heterocycles. The molecule has 20 heavy (non-hydrogen) atoms. The molecule has 3 heteroatoms. The lowest BCUT2D eigenvalue weighted by Gasteiger charge is -2.32. The summed E-state index contributed by atoms with van der Waals surface area (Å²) in [5, 5.41) is 0. The molecular formula is C17H24N2O. The molecule has 2 aliphatic rings. The summed E-state index contributed by atoms with van der Waals surface area (Å²) in [5.74, 6) is 0.302. The van der Waals surface area contributed by atoms with E-state index < -0.39 is 0 Å². The van der Waals surface area contributed by atoms with E-state index in [0.717, 1.165) is 43.5 Å². The van der Waals surface area contributed by atoms with Crippen LogP contribution in [0.3, 0.4) is 0 Å². The van der Waals surface area contributed by atoms with Gasteiger partial charge in [-0.2, -0.15) is 0 Å². The fourth-order valence-corrected chi connectivity index (χ4v) is 3.70. The first kappa shape index (κ1) is 13.6. The van der Waals surface area contributed by atoms with Gasteiger partial charge in [-0.25, -0.2) is 0 Å². The minimum absolute atomic E-state index is 0.0559. The van der Waals surface area contributed by atoms with Crippen LogP contribution in [0.15, 0.2) is 24.3 Å². The summed E-state index contributed by atoms with van der Waals surface area (Å²) < 4.78 is 0. The summed E-state index contributed by atoms with van der Waals surface area (Å²) in [6, 6.07) is 8.21. The van der Waals surface area contributed by atoms with E-state index in [1.54, 1.807) is 0 Å². The number of rotatable bonds is 1. The lowest BCUT2D eigenvalue weighted by molar-refractivity contribution is -0.127. The van der Waals surface area contributed by atoms with Crippen LogP contribution in [-0.4, -0.2) is 12.5 Å².